The SMILES string of the molecule is NCCc1c2c(c(F)c3c1OCC3)OCC2. The smallest absolute Gasteiger partial charge is 0.172 e. The van der Waals surface area contributed by atoms with E-state index in [4.69, 9.17) is 15.2 Å². The van der Waals surface area contributed by atoms with Crippen molar-refractivity contribution in [3.63, 3.8) is 0 Å². The van der Waals surface area contributed by atoms with Crippen LogP contribution in [0.4, 0.5) is 4.39 Å². The molecule has 2 aliphatic heterocycles. The number of hydrogen-bond donors (Lipinski definition) is 1. The summed E-state index contributed by atoms with van der Waals surface area (Å²) in [6.07, 6.45) is 2.13. The topological polar surface area (TPSA) is 44.5 Å². The van der Waals surface area contributed by atoms with Gasteiger partial charge in [-0.3, -0.25) is 0 Å². The number of hydrogen-bond acceptors (Lipinski definition) is 3. The maximum Gasteiger partial charge on any atom is 0.172 e. The van der Waals surface area contributed by atoms with E-state index in [-0.39, 0.29) is 5.82 Å². The van der Waals surface area contributed by atoms with Crippen molar-refractivity contribution in [1.82, 2.24) is 0 Å². The molecule has 0 saturated heterocycles. The molecular weight excluding hydrogens is 209 g/mol. The second-order valence-corrected chi connectivity index (χ2v) is 4.14. The first-order chi connectivity index (χ1) is 7.83. The normalized spacial score (nSPS) is 16.6. The zero-order valence-corrected chi connectivity index (χ0v) is 9.01. The maximum atomic E-state index is 14.1. The lowest BCUT2D eigenvalue weighted by Crippen LogP contribution is -2.07. The predicted molar refractivity (Wildman–Crippen MR) is 57.6 cm³/mol. The Labute approximate surface area is 93.3 Å². The zero-order chi connectivity index (χ0) is 11.1. The van der Waals surface area contributed by atoms with Gasteiger partial charge in [0.2, 0.25) is 0 Å². The summed E-state index contributed by atoms with van der Waals surface area (Å²) in [4.78, 5) is 0. The quantitative estimate of drug-likeness (QED) is 0.819. The highest BCUT2D eigenvalue weighted by molar-refractivity contribution is 5.57. The summed E-state index contributed by atoms with van der Waals surface area (Å²) in [6.45, 7) is 1.67. The van der Waals surface area contributed by atoms with Crippen molar-refractivity contribution >= 4 is 0 Å². The molecule has 0 aromatic heterocycles. The molecule has 2 heterocycles. The van der Waals surface area contributed by atoms with Gasteiger partial charge in [-0.05, 0) is 13.0 Å². The van der Waals surface area contributed by atoms with Crippen LogP contribution in [0.3, 0.4) is 0 Å². The molecule has 1 aromatic rings. The molecule has 0 atom stereocenters. The average Bonchev–Trinajstić information content (AvgIpc) is 2.92. The Bertz CT molecular complexity index is 410. The Balaban J connectivity index is 2.23. The van der Waals surface area contributed by atoms with Gasteiger partial charge in [0, 0.05) is 29.5 Å². The number of rotatable bonds is 2. The second kappa shape index (κ2) is 3.63. The summed E-state index contributed by atoms with van der Waals surface area (Å²) >= 11 is 0. The molecule has 2 N–H and O–H groups in total. The van der Waals surface area contributed by atoms with Crippen LogP contribution >= 0.6 is 0 Å². The summed E-state index contributed by atoms with van der Waals surface area (Å²) in [5.74, 6) is 0.945. The molecule has 0 fully saturated rings. The van der Waals surface area contributed by atoms with Crippen LogP contribution in [0.5, 0.6) is 11.5 Å². The van der Waals surface area contributed by atoms with Gasteiger partial charge in [0.25, 0.3) is 0 Å². The summed E-state index contributed by atoms with van der Waals surface area (Å²) in [7, 11) is 0. The molecule has 86 valence electrons. The third kappa shape index (κ3) is 1.23. The molecule has 0 radical (unpaired) electrons. The number of halogens is 1. The van der Waals surface area contributed by atoms with Gasteiger partial charge in [-0.15, -0.1) is 0 Å². The summed E-state index contributed by atoms with van der Waals surface area (Å²) < 4.78 is 25.0. The van der Waals surface area contributed by atoms with Gasteiger partial charge >= 0.3 is 0 Å². The Morgan fingerprint density at radius 3 is 2.50 bits per heavy atom. The number of benzene rings is 1. The highest BCUT2D eigenvalue weighted by Gasteiger charge is 2.31. The molecule has 0 aliphatic carbocycles. The molecule has 2 aliphatic rings. The molecule has 3 rings (SSSR count). The monoisotopic (exact) mass is 223 g/mol. The minimum atomic E-state index is -0.222. The molecule has 0 saturated carbocycles. The Morgan fingerprint density at radius 2 is 1.75 bits per heavy atom. The van der Waals surface area contributed by atoms with Crippen LogP contribution in [0.2, 0.25) is 0 Å². The van der Waals surface area contributed by atoms with Gasteiger partial charge in [0.15, 0.2) is 11.6 Å². The molecular formula is C12H14FNO2. The van der Waals surface area contributed by atoms with E-state index in [1.807, 2.05) is 0 Å². The largest absolute Gasteiger partial charge is 0.493 e. The van der Waals surface area contributed by atoms with Gasteiger partial charge in [-0.1, -0.05) is 0 Å². The van der Waals surface area contributed by atoms with Crippen molar-refractivity contribution in [3.8, 4) is 11.5 Å². The van der Waals surface area contributed by atoms with E-state index >= 15 is 0 Å². The first kappa shape index (κ1) is 9.90. The van der Waals surface area contributed by atoms with Crippen molar-refractivity contribution in [2.75, 3.05) is 19.8 Å². The van der Waals surface area contributed by atoms with E-state index in [0.717, 1.165) is 29.7 Å². The lowest BCUT2D eigenvalue weighted by atomic mass is 9.97. The summed E-state index contributed by atoms with van der Waals surface area (Å²) in [6, 6.07) is 0. The van der Waals surface area contributed by atoms with E-state index < -0.39 is 0 Å². The van der Waals surface area contributed by atoms with Gasteiger partial charge in [-0.25, -0.2) is 4.39 Å². The molecule has 1 aromatic carbocycles. The fourth-order valence-electron chi connectivity index (χ4n) is 2.56. The Kier molecular flexibility index (Phi) is 2.24. The van der Waals surface area contributed by atoms with Crippen LogP contribution in [0.15, 0.2) is 0 Å². The van der Waals surface area contributed by atoms with Gasteiger partial charge in [0.1, 0.15) is 5.75 Å². The third-order valence-corrected chi connectivity index (χ3v) is 3.24. The highest BCUT2D eigenvalue weighted by Crippen LogP contribution is 2.43. The zero-order valence-electron chi connectivity index (χ0n) is 9.01. The lowest BCUT2D eigenvalue weighted by Gasteiger charge is -2.13. The third-order valence-electron chi connectivity index (χ3n) is 3.24. The van der Waals surface area contributed by atoms with Crippen LogP contribution < -0.4 is 15.2 Å². The standard InChI is InChI=1S/C12H14FNO2/c13-10-9-3-6-15-11(9)7(1-4-14)8-2-5-16-12(8)10/h1-6,14H2. The van der Waals surface area contributed by atoms with Crippen molar-refractivity contribution in [3.05, 3.63) is 22.5 Å². The minimum Gasteiger partial charge on any atom is -0.493 e. The van der Waals surface area contributed by atoms with Crippen LogP contribution in [-0.4, -0.2) is 19.8 Å². The van der Waals surface area contributed by atoms with Crippen molar-refractivity contribution in [2.24, 2.45) is 5.73 Å². The lowest BCUT2D eigenvalue weighted by molar-refractivity contribution is 0.338. The first-order valence-electron chi connectivity index (χ1n) is 5.64. The van der Waals surface area contributed by atoms with Crippen LogP contribution in [0.1, 0.15) is 16.7 Å². The second-order valence-electron chi connectivity index (χ2n) is 4.14. The molecule has 4 heteroatoms. The Morgan fingerprint density at radius 1 is 1.06 bits per heavy atom. The molecule has 0 amide bonds. The number of ether oxygens (including phenoxy) is 2. The summed E-state index contributed by atoms with van der Waals surface area (Å²) in [5, 5.41) is 0. The molecule has 0 bridgehead atoms. The average molecular weight is 223 g/mol. The van der Waals surface area contributed by atoms with Gasteiger partial charge in [-0.2, -0.15) is 0 Å². The highest BCUT2D eigenvalue weighted by atomic mass is 19.1. The maximum absolute atomic E-state index is 14.1. The Hall–Kier alpha value is -1.29. The van der Waals surface area contributed by atoms with Crippen LogP contribution in [-0.2, 0) is 19.3 Å². The molecule has 0 spiro atoms. The van der Waals surface area contributed by atoms with E-state index in [1.54, 1.807) is 0 Å². The first-order valence-corrected chi connectivity index (χ1v) is 5.64. The van der Waals surface area contributed by atoms with Gasteiger partial charge < -0.3 is 15.2 Å². The fourth-order valence-corrected chi connectivity index (χ4v) is 2.56. The number of nitrogens with two attached hydrogens (primary N) is 1. The summed E-state index contributed by atoms with van der Waals surface area (Å²) in [5.41, 5.74) is 8.29. The molecule has 16 heavy (non-hydrogen) atoms. The molecule has 3 nitrogen and oxygen atoms in total. The predicted octanol–water partition coefficient (Wildman–Crippen LogP) is 1.20. The van der Waals surface area contributed by atoms with Crippen molar-refractivity contribution in [2.45, 2.75) is 19.3 Å². The minimum absolute atomic E-state index is 0.222. The van der Waals surface area contributed by atoms with E-state index in [9.17, 15) is 4.39 Å². The van der Waals surface area contributed by atoms with Crippen molar-refractivity contribution in [1.29, 1.82) is 0 Å². The van der Waals surface area contributed by atoms with E-state index in [0.29, 0.717) is 37.5 Å². The van der Waals surface area contributed by atoms with Gasteiger partial charge in [0.05, 0.1) is 13.2 Å². The number of fused-ring (bicyclic) bond motifs is 2. The van der Waals surface area contributed by atoms with E-state index in [1.165, 1.54) is 0 Å². The van der Waals surface area contributed by atoms with Crippen molar-refractivity contribution < 1.29 is 13.9 Å². The molecule has 0 unspecified atom stereocenters. The fraction of sp³-hybridized carbons (Fsp3) is 0.500. The van der Waals surface area contributed by atoms with Crippen LogP contribution in [0.25, 0.3) is 0 Å². The van der Waals surface area contributed by atoms with Crippen LogP contribution in [0, 0.1) is 5.82 Å². The van der Waals surface area contributed by atoms with E-state index in [2.05, 4.69) is 0 Å².